The number of benzene rings is 1. The molecule has 0 saturated carbocycles. The predicted octanol–water partition coefficient (Wildman–Crippen LogP) is 1.46. The van der Waals surface area contributed by atoms with Crippen molar-refractivity contribution < 1.29 is 0 Å². The first kappa shape index (κ1) is 7.46. The summed E-state index contributed by atoms with van der Waals surface area (Å²) in [5.74, 6) is 2.92. The molecule has 2 aromatic rings. The molecule has 0 N–H and O–H groups in total. The Bertz CT molecular complexity index is 535. The first-order valence-electron chi connectivity index (χ1n) is 3.77. The summed E-state index contributed by atoms with van der Waals surface area (Å²) in [7, 11) is 0. The zero-order valence-electron chi connectivity index (χ0n) is 6.86. The summed E-state index contributed by atoms with van der Waals surface area (Å²) in [6, 6.07) is 10.1. The van der Waals surface area contributed by atoms with Gasteiger partial charge in [-0.3, -0.25) is 0 Å². The van der Waals surface area contributed by atoms with Crippen LogP contribution in [0, 0.1) is 24.8 Å². The monoisotopic (exact) mass is 166 g/mol. The fourth-order valence-corrected chi connectivity index (χ4v) is 1.25. The third-order valence-electron chi connectivity index (χ3n) is 1.82. The molecule has 0 spiro atoms. The highest BCUT2D eigenvalue weighted by Gasteiger charge is 2.04. The third kappa shape index (κ3) is 0.972. The molecule has 0 amide bonds. The van der Waals surface area contributed by atoms with Gasteiger partial charge in [-0.1, -0.05) is 18.6 Å². The molecule has 0 fully saturated rings. The van der Waals surface area contributed by atoms with E-state index in [0.717, 1.165) is 11.0 Å². The minimum atomic E-state index is 0.476. The molecular formula is C11H6N2. The van der Waals surface area contributed by atoms with E-state index in [0.29, 0.717) is 5.82 Å². The number of fused-ring (bicyclic) bond motifs is 1. The SMILES string of the molecule is C#Cc1nc2ccccc2n1C#C. The van der Waals surface area contributed by atoms with E-state index in [1.165, 1.54) is 0 Å². The molecule has 60 valence electrons. The van der Waals surface area contributed by atoms with Crippen molar-refractivity contribution in [3.05, 3.63) is 30.1 Å². The van der Waals surface area contributed by atoms with E-state index in [-0.39, 0.29) is 0 Å². The van der Waals surface area contributed by atoms with Crippen LogP contribution in [-0.2, 0) is 0 Å². The van der Waals surface area contributed by atoms with Crippen molar-refractivity contribution in [3.63, 3.8) is 0 Å². The van der Waals surface area contributed by atoms with Gasteiger partial charge in [-0.25, -0.2) is 9.55 Å². The number of para-hydroxylation sites is 2. The standard InChI is InChI=1S/C11H6N2/c1-3-11-12-9-7-5-6-8-10(9)13(11)4-2/h1-2,5-8H. The lowest BCUT2D eigenvalue weighted by Gasteiger charge is -1.91. The molecule has 2 nitrogen and oxygen atoms in total. The zero-order chi connectivity index (χ0) is 9.26. The van der Waals surface area contributed by atoms with E-state index in [1.807, 2.05) is 24.3 Å². The molecule has 2 rings (SSSR count). The fourth-order valence-electron chi connectivity index (χ4n) is 1.25. The second-order valence-electron chi connectivity index (χ2n) is 2.53. The molecule has 0 unspecified atom stereocenters. The van der Waals surface area contributed by atoms with Gasteiger partial charge in [-0.15, -0.1) is 6.42 Å². The Labute approximate surface area is 76.2 Å². The second-order valence-corrected chi connectivity index (χ2v) is 2.53. The van der Waals surface area contributed by atoms with E-state index >= 15 is 0 Å². The molecule has 0 radical (unpaired) electrons. The van der Waals surface area contributed by atoms with Gasteiger partial charge < -0.3 is 0 Å². The number of imidazole rings is 1. The first-order valence-corrected chi connectivity index (χ1v) is 3.77. The molecule has 0 atom stereocenters. The van der Waals surface area contributed by atoms with Crippen LogP contribution in [0.25, 0.3) is 11.0 Å². The van der Waals surface area contributed by atoms with Crippen LogP contribution < -0.4 is 0 Å². The largest absolute Gasteiger partial charge is 0.244 e. The van der Waals surface area contributed by atoms with Crippen LogP contribution in [0.1, 0.15) is 5.82 Å². The van der Waals surface area contributed by atoms with Crippen LogP contribution in [0.2, 0.25) is 0 Å². The summed E-state index contributed by atoms with van der Waals surface area (Å²) in [5, 5.41) is 0. The van der Waals surface area contributed by atoms with E-state index in [4.69, 9.17) is 12.8 Å². The summed E-state index contributed by atoms with van der Waals surface area (Å²) in [4.78, 5) is 4.19. The van der Waals surface area contributed by atoms with Gasteiger partial charge in [-0.05, 0) is 18.1 Å². The Kier molecular flexibility index (Phi) is 1.55. The van der Waals surface area contributed by atoms with E-state index in [9.17, 15) is 0 Å². The van der Waals surface area contributed by atoms with Crippen molar-refractivity contribution in [2.45, 2.75) is 0 Å². The molecule has 1 aromatic heterocycles. The topological polar surface area (TPSA) is 17.8 Å². The normalized spacial score (nSPS) is 9.38. The maximum Gasteiger partial charge on any atom is 0.198 e. The van der Waals surface area contributed by atoms with Crippen molar-refractivity contribution in [1.82, 2.24) is 9.55 Å². The second kappa shape index (κ2) is 2.69. The van der Waals surface area contributed by atoms with Crippen LogP contribution in [0.15, 0.2) is 24.3 Å². The van der Waals surface area contributed by atoms with Gasteiger partial charge >= 0.3 is 0 Å². The highest BCUT2D eigenvalue weighted by Crippen LogP contribution is 2.13. The van der Waals surface area contributed by atoms with Crippen molar-refractivity contribution >= 4 is 11.0 Å². The Morgan fingerprint density at radius 2 is 2.00 bits per heavy atom. The Morgan fingerprint density at radius 1 is 1.23 bits per heavy atom. The highest BCUT2D eigenvalue weighted by molar-refractivity contribution is 5.77. The predicted molar refractivity (Wildman–Crippen MR) is 51.9 cm³/mol. The molecule has 1 heterocycles. The lowest BCUT2D eigenvalue weighted by Crippen LogP contribution is -1.91. The maximum absolute atomic E-state index is 5.31. The average molecular weight is 166 g/mol. The quantitative estimate of drug-likeness (QED) is 0.542. The van der Waals surface area contributed by atoms with Crippen molar-refractivity contribution in [2.24, 2.45) is 0 Å². The number of aromatic nitrogens is 2. The Hall–Kier alpha value is -2.19. The summed E-state index contributed by atoms with van der Waals surface area (Å²) in [6.45, 7) is 0. The van der Waals surface area contributed by atoms with Gasteiger partial charge in [0, 0.05) is 6.04 Å². The fraction of sp³-hybridized carbons (Fsp3) is 0. The minimum absolute atomic E-state index is 0.476. The van der Waals surface area contributed by atoms with Gasteiger partial charge in [0.1, 0.15) is 0 Å². The lowest BCUT2D eigenvalue weighted by atomic mass is 10.3. The molecule has 0 bridgehead atoms. The van der Waals surface area contributed by atoms with Gasteiger partial charge in [0.25, 0.3) is 0 Å². The van der Waals surface area contributed by atoms with Gasteiger partial charge in [0.05, 0.1) is 11.0 Å². The van der Waals surface area contributed by atoms with Crippen LogP contribution in [0.3, 0.4) is 0 Å². The van der Waals surface area contributed by atoms with Crippen LogP contribution >= 0.6 is 0 Å². The molecule has 1 aromatic carbocycles. The van der Waals surface area contributed by atoms with E-state index < -0.39 is 0 Å². The summed E-state index contributed by atoms with van der Waals surface area (Å²) in [6.07, 6.45) is 10.6. The molecule has 0 aliphatic rings. The molecule has 0 aliphatic carbocycles. The number of nitrogens with zero attached hydrogens (tertiary/aromatic N) is 2. The van der Waals surface area contributed by atoms with Crippen molar-refractivity contribution in [2.75, 3.05) is 0 Å². The van der Waals surface area contributed by atoms with Gasteiger partial charge in [0.15, 0.2) is 5.82 Å². The first-order chi connectivity index (χ1) is 6.36. The minimum Gasteiger partial charge on any atom is -0.244 e. The summed E-state index contributed by atoms with van der Waals surface area (Å²) in [5.41, 5.74) is 1.70. The molecule has 0 aliphatic heterocycles. The van der Waals surface area contributed by atoms with Crippen LogP contribution in [0.4, 0.5) is 0 Å². The molecule has 13 heavy (non-hydrogen) atoms. The van der Waals surface area contributed by atoms with Gasteiger partial charge in [-0.2, -0.15) is 0 Å². The molecule has 2 heteroatoms. The van der Waals surface area contributed by atoms with Crippen molar-refractivity contribution in [1.29, 1.82) is 0 Å². The smallest absolute Gasteiger partial charge is 0.198 e. The molecule has 0 saturated heterocycles. The van der Waals surface area contributed by atoms with Crippen LogP contribution in [0.5, 0.6) is 0 Å². The number of hydrogen-bond acceptors (Lipinski definition) is 1. The summed E-state index contributed by atoms with van der Waals surface area (Å²) >= 11 is 0. The molecular weight excluding hydrogens is 160 g/mol. The van der Waals surface area contributed by atoms with E-state index in [1.54, 1.807) is 4.57 Å². The number of terminal acetylenes is 2. The number of rotatable bonds is 0. The Balaban J connectivity index is 2.93. The van der Waals surface area contributed by atoms with Gasteiger partial charge in [0.2, 0.25) is 0 Å². The zero-order valence-corrected chi connectivity index (χ0v) is 6.86. The average Bonchev–Trinajstić information content (AvgIpc) is 2.55. The lowest BCUT2D eigenvalue weighted by molar-refractivity contribution is 1.11. The summed E-state index contributed by atoms with van der Waals surface area (Å²) < 4.78 is 1.56. The highest BCUT2D eigenvalue weighted by atomic mass is 15.1. The maximum atomic E-state index is 5.31. The van der Waals surface area contributed by atoms with Crippen molar-refractivity contribution in [3.8, 4) is 24.8 Å². The van der Waals surface area contributed by atoms with Crippen LogP contribution in [-0.4, -0.2) is 9.55 Å². The number of hydrogen-bond donors (Lipinski definition) is 0. The third-order valence-corrected chi connectivity index (χ3v) is 1.82. The van der Waals surface area contributed by atoms with E-state index in [2.05, 4.69) is 16.9 Å². The Morgan fingerprint density at radius 3 is 2.69 bits per heavy atom.